The molecular formula is C34H32Cl2N4. The number of hydrogen-bond donors (Lipinski definition) is 0. The molecular weight excluding hydrogens is 535 g/mol. The van der Waals surface area contributed by atoms with E-state index in [0.29, 0.717) is 10.0 Å². The molecule has 0 aliphatic heterocycles. The van der Waals surface area contributed by atoms with Crippen molar-refractivity contribution in [1.29, 1.82) is 0 Å². The number of nitrogens with zero attached hydrogens (tertiary/aromatic N) is 4. The zero-order valence-electron chi connectivity index (χ0n) is 23.1. The van der Waals surface area contributed by atoms with E-state index in [9.17, 15) is 0 Å². The van der Waals surface area contributed by atoms with Gasteiger partial charge in [0.05, 0.1) is 0 Å². The Balaban J connectivity index is 1.56. The quantitative estimate of drug-likeness (QED) is 0.185. The average Bonchev–Trinajstić information content (AvgIpc) is 2.97. The third kappa shape index (κ3) is 6.04. The Morgan fingerprint density at radius 2 is 0.475 bits per heavy atom. The van der Waals surface area contributed by atoms with Gasteiger partial charge in [0.2, 0.25) is 0 Å². The smallest absolute Gasteiger partial charge is 0.0463 e. The third-order valence-electron chi connectivity index (χ3n) is 6.78. The molecule has 5 aromatic carbocycles. The average molecular weight is 568 g/mol. The van der Waals surface area contributed by atoms with E-state index >= 15 is 0 Å². The second kappa shape index (κ2) is 12.0. The predicted molar refractivity (Wildman–Crippen MR) is 174 cm³/mol. The summed E-state index contributed by atoms with van der Waals surface area (Å²) in [5, 5.41) is 1.42. The van der Waals surface area contributed by atoms with Crippen LogP contribution in [-0.2, 0) is 0 Å². The molecule has 0 aliphatic rings. The molecule has 0 spiro atoms. The van der Waals surface area contributed by atoms with Gasteiger partial charge in [-0.15, -0.1) is 0 Å². The molecule has 0 fully saturated rings. The van der Waals surface area contributed by atoms with E-state index in [-0.39, 0.29) is 0 Å². The van der Waals surface area contributed by atoms with Crippen LogP contribution >= 0.6 is 23.2 Å². The lowest BCUT2D eigenvalue weighted by molar-refractivity contribution is 1.13. The van der Waals surface area contributed by atoms with E-state index in [4.69, 9.17) is 23.2 Å². The van der Waals surface area contributed by atoms with Crippen LogP contribution in [0.1, 0.15) is 0 Å². The molecule has 5 rings (SSSR count). The largest absolute Gasteiger partial charge is 0.378 e. The summed E-state index contributed by atoms with van der Waals surface area (Å²) in [5.74, 6) is 0. The van der Waals surface area contributed by atoms with Crippen LogP contribution in [0.25, 0.3) is 0 Å². The summed E-state index contributed by atoms with van der Waals surface area (Å²) in [4.78, 5) is 8.67. The summed E-state index contributed by atoms with van der Waals surface area (Å²) in [5.41, 5.74) is 8.57. The maximum Gasteiger partial charge on any atom is 0.0463 e. The molecule has 0 radical (unpaired) electrons. The number of hydrogen-bond acceptors (Lipinski definition) is 4. The van der Waals surface area contributed by atoms with E-state index in [1.807, 2.05) is 76.7 Å². The van der Waals surface area contributed by atoms with Crippen molar-refractivity contribution in [1.82, 2.24) is 0 Å². The van der Waals surface area contributed by atoms with Crippen molar-refractivity contribution in [3.05, 3.63) is 131 Å². The highest BCUT2D eigenvalue weighted by atomic mass is 35.5. The van der Waals surface area contributed by atoms with Gasteiger partial charge in [-0.3, -0.25) is 0 Å². The van der Waals surface area contributed by atoms with E-state index in [2.05, 4.69) is 92.4 Å². The summed E-state index contributed by atoms with van der Waals surface area (Å²) in [6.45, 7) is 0. The first-order valence-electron chi connectivity index (χ1n) is 13.1. The Morgan fingerprint density at radius 3 is 0.675 bits per heavy atom. The van der Waals surface area contributed by atoms with Crippen molar-refractivity contribution < 1.29 is 0 Å². The maximum atomic E-state index is 6.23. The molecule has 0 saturated carbocycles. The van der Waals surface area contributed by atoms with Crippen LogP contribution in [-0.4, -0.2) is 28.2 Å². The van der Waals surface area contributed by atoms with Crippen LogP contribution in [0.2, 0.25) is 10.0 Å². The van der Waals surface area contributed by atoms with Crippen LogP contribution in [0, 0.1) is 0 Å². The minimum absolute atomic E-state index is 0.709. The molecule has 0 amide bonds. The van der Waals surface area contributed by atoms with Crippen LogP contribution < -0.4 is 19.6 Å². The minimum Gasteiger partial charge on any atom is -0.378 e. The molecule has 4 nitrogen and oxygen atoms in total. The molecule has 0 unspecified atom stereocenters. The van der Waals surface area contributed by atoms with Gasteiger partial charge in [-0.1, -0.05) is 23.2 Å². The zero-order chi connectivity index (χ0) is 28.2. The Morgan fingerprint density at radius 1 is 0.300 bits per heavy atom. The SMILES string of the molecule is CN(C)c1ccc(N(c2ccc(Cl)cc2)c2ccc(N(c3ccc(Cl)cc3)c3ccc(N(C)C)cc3)cc2)cc1. The van der Waals surface area contributed by atoms with E-state index in [1.165, 1.54) is 0 Å². The first-order chi connectivity index (χ1) is 19.3. The first-order valence-corrected chi connectivity index (χ1v) is 13.8. The lowest BCUT2D eigenvalue weighted by Gasteiger charge is -2.29. The molecule has 5 aromatic rings. The molecule has 0 atom stereocenters. The lowest BCUT2D eigenvalue weighted by Crippen LogP contribution is -2.13. The second-order valence-electron chi connectivity index (χ2n) is 9.96. The Hall–Kier alpha value is -4.12. The lowest BCUT2D eigenvalue weighted by atomic mass is 10.1. The fourth-order valence-corrected chi connectivity index (χ4v) is 4.88. The van der Waals surface area contributed by atoms with E-state index in [0.717, 1.165) is 45.5 Å². The van der Waals surface area contributed by atoms with Gasteiger partial charge in [0.1, 0.15) is 0 Å². The van der Waals surface area contributed by atoms with Gasteiger partial charge in [-0.05, 0) is 121 Å². The maximum absolute atomic E-state index is 6.23. The fourth-order valence-electron chi connectivity index (χ4n) is 4.63. The van der Waals surface area contributed by atoms with Crippen LogP contribution in [0.3, 0.4) is 0 Å². The Bertz CT molecular complexity index is 1410. The Kier molecular flexibility index (Phi) is 8.20. The standard InChI is InChI=1S/C34H32Cl2N4/c1-37(2)27-13-17-31(18-14-27)39(29-9-5-25(35)6-10-29)33-21-23-34(24-22-33)40(30-11-7-26(36)8-12-30)32-19-15-28(16-20-32)38(3)4/h5-24H,1-4H3. The van der Waals surface area contributed by atoms with Crippen LogP contribution in [0.5, 0.6) is 0 Å². The third-order valence-corrected chi connectivity index (χ3v) is 7.29. The number of anilines is 8. The second-order valence-corrected chi connectivity index (χ2v) is 10.8. The van der Waals surface area contributed by atoms with Gasteiger partial charge in [0, 0.05) is 83.7 Å². The number of rotatable bonds is 8. The van der Waals surface area contributed by atoms with Crippen molar-refractivity contribution >= 4 is 68.7 Å². The number of halogens is 2. The molecule has 6 heteroatoms. The number of benzene rings is 5. The van der Waals surface area contributed by atoms with Crippen molar-refractivity contribution in [3.8, 4) is 0 Å². The minimum atomic E-state index is 0.709. The van der Waals surface area contributed by atoms with E-state index < -0.39 is 0 Å². The fraction of sp³-hybridized carbons (Fsp3) is 0.118. The van der Waals surface area contributed by atoms with Crippen LogP contribution in [0.15, 0.2) is 121 Å². The summed E-state index contributed by atoms with van der Waals surface area (Å²) >= 11 is 12.5. The molecule has 0 saturated heterocycles. The molecule has 0 N–H and O–H groups in total. The van der Waals surface area contributed by atoms with Crippen molar-refractivity contribution in [2.45, 2.75) is 0 Å². The predicted octanol–water partition coefficient (Wildman–Crippen LogP) is 10.1. The first kappa shape index (κ1) is 27.4. The molecule has 0 aliphatic carbocycles. The summed E-state index contributed by atoms with van der Waals surface area (Å²) in [6.07, 6.45) is 0. The molecule has 0 heterocycles. The van der Waals surface area contributed by atoms with Gasteiger partial charge < -0.3 is 19.6 Å². The normalized spacial score (nSPS) is 10.8. The molecule has 40 heavy (non-hydrogen) atoms. The van der Waals surface area contributed by atoms with Crippen molar-refractivity contribution in [2.24, 2.45) is 0 Å². The van der Waals surface area contributed by atoms with Gasteiger partial charge >= 0.3 is 0 Å². The van der Waals surface area contributed by atoms with Gasteiger partial charge in [0.15, 0.2) is 0 Å². The zero-order valence-corrected chi connectivity index (χ0v) is 24.6. The molecule has 0 aromatic heterocycles. The van der Waals surface area contributed by atoms with E-state index in [1.54, 1.807) is 0 Å². The van der Waals surface area contributed by atoms with Crippen molar-refractivity contribution in [2.75, 3.05) is 47.8 Å². The highest BCUT2D eigenvalue weighted by Gasteiger charge is 2.16. The molecule has 202 valence electrons. The monoisotopic (exact) mass is 566 g/mol. The summed E-state index contributed by atoms with van der Waals surface area (Å²) in [6, 6.07) is 41.6. The molecule has 0 bridgehead atoms. The highest BCUT2D eigenvalue weighted by molar-refractivity contribution is 6.31. The van der Waals surface area contributed by atoms with Gasteiger partial charge in [0.25, 0.3) is 0 Å². The van der Waals surface area contributed by atoms with Crippen molar-refractivity contribution in [3.63, 3.8) is 0 Å². The summed E-state index contributed by atoms with van der Waals surface area (Å²) < 4.78 is 0. The summed E-state index contributed by atoms with van der Waals surface area (Å²) in [7, 11) is 8.19. The topological polar surface area (TPSA) is 13.0 Å². The van der Waals surface area contributed by atoms with Crippen LogP contribution in [0.4, 0.5) is 45.5 Å². The van der Waals surface area contributed by atoms with Gasteiger partial charge in [-0.25, -0.2) is 0 Å². The Labute approximate surface area is 247 Å². The van der Waals surface area contributed by atoms with Gasteiger partial charge in [-0.2, -0.15) is 0 Å². The highest BCUT2D eigenvalue weighted by Crippen LogP contribution is 2.40.